The average molecular weight is 228 g/mol. The molecule has 0 spiro atoms. The second-order valence-electron chi connectivity index (χ2n) is 4.35. The van der Waals surface area contributed by atoms with Crippen LogP contribution >= 0.6 is 11.6 Å². The molecule has 0 radical (unpaired) electrons. The van der Waals surface area contributed by atoms with Gasteiger partial charge < -0.3 is 5.32 Å². The highest BCUT2D eigenvalue weighted by Gasteiger charge is 2.23. The van der Waals surface area contributed by atoms with E-state index in [1.165, 1.54) is 25.3 Å². The highest BCUT2D eigenvalue weighted by atomic mass is 35.5. The summed E-state index contributed by atoms with van der Waals surface area (Å²) in [6.45, 7) is 2.15. The topological polar surface area (TPSA) is 12.0 Å². The van der Waals surface area contributed by atoms with Crippen molar-refractivity contribution in [2.45, 2.75) is 32.2 Å². The highest BCUT2D eigenvalue weighted by Crippen LogP contribution is 2.34. The van der Waals surface area contributed by atoms with Crippen LogP contribution < -0.4 is 5.32 Å². The molecule has 1 aromatic carbocycles. The molecular formula is C12H15ClFN. The summed E-state index contributed by atoms with van der Waals surface area (Å²) in [7, 11) is 0. The Hall–Kier alpha value is -0.760. The molecule has 1 unspecified atom stereocenters. The molecule has 0 aliphatic heterocycles. The van der Waals surface area contributed by atoms with Crippen LogP contribution in [-0.4, -0.2) is 6.04 Å². The van der Waals surface area contributed by atoms with Crippen molar-refractivity contribution < 1.29 is 4.39 Å². The second-order valence-corrected chi connectivity index (χ2v) is 4.76. The molecule has 2 rings (SSSR count). The summed E-state index contributed by atoms with van der Waals surface area (Å²) < 4.78 is 12.9. The third-order valence-electron chi connectivity index (χ3n) is 2.72. The number of anilines is 1. The van der Waals surface area contributed by atoms with Crippen molar-refractivity contribution in [2.24, 2.45) is 5.92 Å². The van der Waals surface area contributed by atoms with Gasteiger partial charge in [0.25, 0.3) is 0 Å². The second kappa shape index (κ2) is 4.40. The van der Waals surface area contributed by atoms with Crippen LogP contribution in [-0.2, 0) is 0 Å². The monoisotopic (exact) mass is 227 g/mol. The van der Waals surface area contributed by atoms with Gasteiger partial charge >= 0.3 is 0 Å². The number of hydrogen-bond acceptors (Lipinski definition) is 1. The van der Waals surface area contributed by atoms with E-state index in [1.807, 2.05) is 0 Å². The Labute approximate surface area is 94.6 Å². The van der Waals surface area contributed by atoms with Crippen molar-refractivity contribution in [3.63, 3.8) is 0 Å². The zero-order valence-corrected chi connectivity index (χ0v) is 9.52. The van der Waals surface area contributed by atoms with Gasteiger partial charge in [-0.25, -0.2) is 4.39 Å². The minimum absolute atomic E-state index is 0.179. The molecule has 0 bridgehead atoms. The van der Waals surface area contributed by atoms with Crippen LogP contribution in [0.2, 0.25) is 5.02 Å². The third kappa shape index (κ3) is 3.10. The quantitative estimate of drug-likeness (QED) is 0.817. The van der Waals surface area contributed by atoms with Crippen molar-refractivity contribution in [3.8, 4) is 0 Å². The molecule has 3 heteroatoms. The van der Waals surface area contributed by atoms with E-state index in [1.54, 1.807) is 12.1 Å². The van der Waals surface area contributed by atoms with Crippen molar-refractivity contribution in [1.29, 1.82) is 0 Å². The standard InChI is InChI=1S/C12H15ClFN/c1-8(6-9-2-3-9)15-10-4-5-12(14)11(13)7-10/h4-5,7-9,15H,2-3,6H2,1H3. The van der Waals surface area contributed by atoms with Gasteiger partial charge in [0.2, 0.25) is 0 Å². The fraction of sp³-hybridized carbons (Fsp3) is 0.500. The Balaban J connectivity index is 1.93. The minimum Gasteiger partial charge on any atom is -0.383 e. The van der Waals surface area contributed by atoms with Crippen LogP contribution in [0.3, 0.4) is 0 Å². The number of nitrogens with one attached hydrogen (secondary N) is 1. The van der Waals surface area contributed by atoms with Crippen LogP contribution in [0, 0.1) is 11.7 Å². The first-order chi connectivity index (χ1) is 7.15. The molecule has 82 valence electrons. The van der Waals surface area contributed by atoms with Crippen LogP contribution in [0.5, 0.6) is 0 Å². The Kier molecular flexibility index (Phi) is 3.15. The lowest BCUT2D eigenvalue weighted by molar-refractivity contribution is 0.626. The van der Waals surface area contributed by atoms with Gasteiger partial charge in [-0.15, -0.1) is 0 Å². The van der Waals surface area contributed by atoms with Crippen molar-refractivity contribution in [1.82, 2.24) is 0 Å². The third-order valence-corrected chi connectivity index (χ3v) is 3.01. The van der Waals surface area contributed by atoms with Gasteiger partial charge in [-0.3, -0.25) is 0 Å². The fourth-order valence-electron chi connectivity index (χ4n) is 1.78. The zero-order valence-electron chi connectivity index (χ0n) is 8.76. The molecule has 0 aromatic heterocycles. The van der Waals surface area contributed by atoms with Gasteiger partial charge in [0.05, 0.1) is 5.02 Å². The molecule has 15 heavy (non-hydrogen) atoms. The Bertz CT molecular complexity index is 349. The maximum absolute atomic E-state index is 12.9. The van der Waals surface area contributed by atoms with Crippen molar-refractivity contribution in [3.05, 3.63) is 29.0 Å². The molecule has 1 atom stereocenters. The van der Waals surface area contributed by atoms with Gasteiger partial charge in [-0.2, -0.15) is 0 Å². The molecule has 1 nitrogen and oxygen atoms in total. The van der Waals surface area contributed by atoms with Gasteiger partial charge in [-0.1, -0.05) is 24.4 Å². The SMILES string of the molecule is CC(CC1CC1)Nc1ccc(F)c(Cl)c1. The van der Waals surface area contributed by atoms with Crippen LogP contribution in [0.1, 0.15) is 26.2 Å². The maximum atomic E-state index is 12.9. The van der Waals surface area contributed by atoms with Crippen LogP contribution in [0.25, 0.3) is 0 Å². The Morgan fingerprint density at radius 1 is 1.53 bits per heavy atom. The first-order valence-corrected chi connectivity index (χ1v) is 5.74. The lowest BCUT2D eigenvalue weighted by Crippen LogP contribution is -2.15. The summed E-state index contributed by atoms with van der Waals surface area (Å²) in [5.41, 5.74) is 0.898. The molecule has 0 saturated heterocycles. The minimum atomic E-state index is -0.364. The molecular weight excluding hydrogens is 213 g/mol. The number of benzene rings is 1. The fourth-order valence-corrected chi connectivity index (χ4v) is 1.96. The first kappa shape index (κ1) is 10.7. The molecule has 1 aromatic rings. The molecule has 0 amide bonds. The summed E-state index contributed by atoms with van der Waals surface area (Å²) in [5.74, 6) is 0.528. The normalized spacial score (nSPS) is 17.5. The highest BCUT2D eigenvalue weighted by molar-refractivity contribution is 6.31. The zero-order chi connectivity index (χ0) is 10.8. The van der Waals surface area contributed by atoms with E-state index >= 15 is 0 Å². The average Bonchev–Trinajstić information content (AvgIpc) is 2.95. The molecule has 1 aliphatic carbocycles. The van der Waals surface area contributed by atoms with E-state index in [4.69, 9.17) is 11.6 Å². The lowest BCUT2D eigenvalue weighted by Gasteiger charge is -2.14. The largest absolute Gasteiger partial charge is 0.383 e. The van der Waals surface area contributed by atoms with Gasteiger partial charge in [0.1, 0.15) is 5.82 Å². The lowest BCUT2D eigenvalue weighted by atomic mass is 10.1. The van der Waals surface area contributed by atoms with E-state index in [9.17, 15) is 4.39 Å². The van der Waals surface area contributed by atoms with Gasteiger partial charge in [0, 0.05) is 11.7 Å². The number of halogens is 2. The Morgan fingerprint density at radius 2 is 2.27 bits per heavy atom. The molecule has 1 N–H and O–H groups in total. The smallest absolute Gasteiger partial charge is 0.141 e. The van der Waals surface area contributed by atoms with Crippen LogP contribution in [0.4, 0.5) is 10.1 Å². The number of hydrogen-bond donors (Lipinski definition) is 1. The summed E-state index contributed by atoms with van der Waals surface area (Å²) in [6.07, 6.45) is 3.90. The number of rotatable bonds is 4. The summed E-state index contributed by atoms with van der Waals surface area (Å²) >= 11 is 5.70. The van der Waals surface area contributed by atoms with Gasteiger partial charge in [-0.05, 0) is 37.5 Å². The van der Waals surface area contributed by atoms with E-state index in [0.29, 0.717) is 6.04 Å². The molecule has 1 saturated carbocycles. The van der Waals surface area contributed by atoms with Crippen LogP contribution in [0.15, 0.2) is 18.2 Å². The van der Waals surface area contributed by atoms with Crippen molar-refractivity contribution >= 4 is 17.3 Å². The molecule has 0 heterocycles. The summed E-state index contributed by atoms with van der Waals surface area (Å²) in [6, 6.07) is 5.19. The summed E-state index contributed by atoms with van der Waals surface area (Å²) in [5, 5.41) is 3.51. The van der Waals surface area contributed by atoms with E-state index < -0.39 is 0 Å². The Morgan fingerprint density at radius 3 is 2.87 bits per heavy atom. The predicted octanol–water partition coefficient (Wildman–Crippen LogP) is 4.08. The van der Waals surface area contributed by atoms with E-state index in [2.05, 4.69) is 12.2 Å². The van der Waals surface area contributed by atoms with E-state index in [-0.39, 0.29) is 10.8 Å². The van der Waals surface area contributed by atoms with Crippen molar-refractivity contribution in [2.75, 3.05) is 5.32 Å². The molecule has 1 aliphatic rings. The molecule has 1 fully saturated rings. The van der Waals surface area contributed by atoms with E-state index in [0.717, 1.165) is 11.6 Å². The summed E-state index contributed by atoms with van der Waals surface area (Å²) in [4.78, 5) is 0. The first-order valence-electron chi connectivity index (χ1n) is 5.37. The van der Waals surface area contributed by atoms with Gasteiger partial charge in [0.15, 0.2) is 0 Å². The predicted molar refractivity (Wildman–Crippen MR) is 61.8 cm³/mol. The maximum Gasteiger partial charge on any atom is 0.141 e.